The number of rotatable bonds is 3. The number of carboxylic acids is 1. The number of fused-ring (bicyclic) bond motifs is 1. The lowest BCUT2D eigenvalue weighted by Gasteiger charge is -2.11. The number of methoxy groups -OCH3 is 1. The molecule has 0 bridgehead atoms. The first-order chi connectivity index (χ1) is 9.61. The number of ether oxygens (including phenoxy) is 1. The van der Waals surface area contributed by atoms with Gasteiger partial charge in [-0.25, -0.2) is 0 Å². The molecule has 102 valence electrons. The number of benzene rings is 2. The van der Waals surface area contributed by atoms with Gasteiger partial charge in [0.05, 0.1) is 7.11 Å². The summed E-state index contributed by atoms with van der Waals surface area (Å²) in [4.78, 5) is 23.4. The molecule has 0 aliphatic heterocycles. The van der Waals surface area contributed by atoms with E-state index in [1.54, 1.807) is 0 Å². The number of carboxylic acid groups (broad SMARTS) is 1. The van der Waals surface area contributed by atoms with Gasteiger partial charge in [-0.05, 0) is 22.8 Å². The van der Waals surface area contributed by atoms with Crippen LogP contribution in [-0.4, -0.2) is 24.2 Å². The van der Waals surface area contributed by atoms with Crippen LogP contribution in [0.1, 0.15) is 17.9 Å². The highest BCUT2D eigenvalue weighted by molar-refractivity contribution is 6.05. The van der Waals surface area contributed by atoms with E-state index >= 15 is 0 Å². The number of carbonyl (C=O) groups excluding carboxylic acids is 1. The molecular formula is C16H14O4. The molecule has 1 N–H and O–H groups in total. The number of hydrogen-bond donors (Lipinski definition) is 1. The summed E-state index contributed by atoms with van der Waals surface area (Å²) >= 11 is 0. The molecule has 0 heterocycles. The van der Waals surface area contributed by atoms with Crippen molar-refractivity contribution in [1.29, 1.82) is 0 Å². The highest BCUT2D eigenvalue weighted by Gasteiger charge is 2.68. The van der Waals surface area contributed by atoms with Crippen molar-refractivity contribution in [2.45, 2.75) is 12.3 Å². The maximum absolute atomic E-state index is 11.9. The quantitative estimate of drug-likeness (QED) is 0.687. The Morgan fingerprint density at radius 3 is 2.60 bits per heavy atom. The highest BCUT2D eigenvalue weighted by atomic mass is 16.5. The normalized spacial score (nSPS) is 24.4. The summed E-state index contributed by atoms with van der Waals surface area (Å²) in [6.07, 6.45) is 0.295. The topological polar surface area (TPSA) is 63.6 Å². The zero-order chi connectivity index (χ0) is 14.3. The molecule has 1 fully saturated rings. The second-order valence-corrected chi connectivity index (χ2v) is 5.09. The van der Waals surface area contributed by atoms with Gasteiger partial charge in [-0.3, -0.25) is 9.59 Å². The lowest BCUT2D eigenvalue weighted by atomic mass is 9.95. The SMILES string of the molecule is COC(=O)C1(C(=O)O)CC1c1cccc2ccccc12. The van der Waals surface area contributed by atoms with E-state index in [4.69, 9.17) is 0 Å². The minimum absolute atomic E-state index is 0.295. The van der Waals surface area contributed by atoms with Gasteiger partial charge in [-0.1, -0.05) is 42.5 Å². The number of carbonyl (C=O) groups is 2. The molecule has 20 heavy (non-hydrogen) atoms. The van der Waals surface area contributed by atoms with Crippen molar-refractivity contribution in [2.24, 2.45) is 5.41 Å². The average molecular weight is 270 g/mol. The summed E-state index contributed by atoms with van der Waals surface area (Å²) in [5.41, 5.74) is -0.519. The second-order valence-electron chi connectivity index (χ2n) is 5.09. The lowest BCUT2D eigenvalue weighted by molar-refractivity contribution is -0.159. The number of hydrogen-bond acceptors (Lipinski definition) is 3. The monoisotopic (exact) mass is 270 g/mol. The third-order valence-electron chi connectivity index (χ3n) is 4.09. The Hall–Kier alpha value is -2.36. The molecule has 2 aromatic rings. The van der Waals surface area contributed by atoms with Crippen molar-refractivity contribution in [3.63, 3.8) is 0 Å². The van der Waals surface area contributed by atoms with E-state index < -0.39 is 17.4 Å². The van der Waals surface area contributed by atoms with Crippen LogP contribution in [0, 0.1) is 5.41 Å². The Morgan fingerprint density at radius 1 is 1.20 bits per heavy atom. The second kappa shape index (κ2) is 4.34. The smallest absolute Gasteiger partial charge is 0.323 e. The van der Waals surface area contributed by atoms with Gasteiger partial charge in [-0.15, -0.1) is 0 Å². The van der Waals surface area contributed by atoms with E-state index in [0.717, 1.165) is 16.3 Å². The van der Waals surface area contributed by atoms with Gasteiger partial charge < -0.3 is 9.84 Å². The van der Waals surface area contributed by atoms with Gasteiger partial charge in [0, 0.05) is 5.92 Å². The largest absolute Gasteiger partial charge is 0.480 e. The molecular weight excluding hydrogens is 256 g/mol. The van der Waals surface area contributed by atoms with E-state index in [1.165, 1.54) is 7.11 Å². The van der Waals surface area contributed by atoms with E-state index in [0.29, 0.717) is 6.42 Å². The Labute approximate surface area is 116 Å². The van der Waals surface area contributed by atoms with Crippen molar-refractivity contribution in [2.75, 3.05) is 7.11 Å². The van der Waals surface area contributed by atoms with Crippen molar-refractivity contribution < 1.29 is 19.4 Å². The minimum Gasteiger partial charge on any atom is -0.480 e. The van der Waals surface area contributed by atoms with Crippen LogP contribution in [0.2, 0.25) is 0 Å². The molecule has 0 saturated heterocycles. The third kappa shape index (κ3) is 1.61. The Bertz CT molecular complexity index is 701. The molecule has 2 unspecified atom stereocenters. The van der Waals surface area contributed by atoms with Crippen molar-refractivity contribution >= 4 is 22.7 Å². The average Bonchev–Trinajstić information content (AvgIpc) is 3.22. The molecule has 2 atom stereocenters. The number of esters is 1. The van der Waals surface area contributed by atoms with Crippen molar-refractivity contribution in [3.05, 3.63) is 48.0 Å². The van der Waals surface area contributed by atoms with Crippen LogP contribution in [0.5, 0.6) is 0 Å². The first-order valence-electron chi connectivity index (χ1n) is 6.40. The predicted molar refractivity (Wildman–Crippen MR) is 73.4 cm³/mol. The fourth-order valence-corrected chi connectivity index (χ4v) is 2.92. The minimum atomic E-state index is -1.42. The molecule has 0 amide bonds. The summed E-state index contributed by atoms with van der Waals surface area (Å²) in [5.74, 6) is -2.09. The van der Waals surface area contributed by atoms with Gasteiger partial charge >= 0.3 is 11.9 Å². The lowest BCUT2D eigenvalue weighted by Crippen LogP contribution is -2.28. The Morgan fingerprint density at radius 2 is 1.90 bits per heavy atom. The van der Waals surface area contributed by atoms with Crippen LogP contribution >= 0.6 is 0 Å². The summed E-state index contributed by atoms with van der Waals surface area (Å²) in [6, 6.07) is 13.5. The maximum Gasteiger partial charge on any atom is 0.323 e. The van der Waals surface area contributed by atoms with Crippen LogP contribution in [-0.2, 0) is 14.3 Å². The Kier molecular flexibility index (Phi) is 2.74. The van der Waals surface area contributed by atoms with Crippen LogP contribution in [0.15, 0.2) is 42.5 Å². The first kappa shape index (κ1) is 12.7. The van der Waals surface area contributed by atoms with Gasteiger partial charge in [0.1, 0.15) is 0 Å². The van der Waals surface area contributed by atoms with E-state index in [1.807, 2.05) is 42.5 Å². The van der Waals surface area contributed by atoms with E-state index in [9.17, 15) is 14.7 Å². The highest BCUT2D eigenvalue weighted by Crippen LogP contribution is 2.61. The number of aliphatic carboxylic acids is 1. The van der Waals surface area contributed by atoms with E-state index in [-0.39, 0.29) is 5.92 Å². The molecule has 0 radical (unpaired) electrons. The van der Waals surface area contributed by atoms with Gasteiger partial charge in [0.2, 0.25) is 0 Å². The molecule has 1 aliphatic rings. The molecule has 4 heteroatoms. The zero-order valence-electron chi connectivity index (χ0n) is 11.0. The van der Waals surface area contributed by atoms with E-state index in [2.05, 4.69) is 4.74 Å². The summed E-state index contributed by atoms with van der Waals surface area (Å²) in [6.45, 7) is 0. The van der Waals surface area contributed by atoms with Crippen molar-refractivity contribution in [1.82, 2.24) is 0 Å². The van der Waals surface area contributed by atoms with Crippen LogP contribution in [0.3, 0.4) is 0 Å². The molecule has 0 aromatic heterocycles. The predicted octanol–water partition coefficient (Wildman–Crippen LogP) is 2.57. The molecule has 4 nitrogen and oxygen atoms in total. The molecule has 1 saturated carbocycles. The van der Waals surface area contributed by atoms with Gasteiger partial charge in [-0.2, -0.15) is 0 Å². The van der Waals surface area contributed by atoms with Crippen LogP contribution in [0.25, 0.3) is 10.8 Å². The first-order valence-corrected chi connectivity index (χ1v) is 6.40. The standard InChI is InChI=1S/C16H14O4/c1-20-15(19)16(14(17)18)9-13(16)12-8-4-6-10-5-2-3-7-11(10)12/h2-8,13H,9H2,1H3,(H,17,18). The fraction of sp³-hybridized carbons (Fsp3) is 0.250. The third-order valence-corrected chi connectivity index (χ3v) is 4.09. The zero-order valence-corrected chi connectivity index (χ0v) is 11.0. The molecule has 3 rings (SSSR count). The molecule has 0 spiro atoms. The fourth-order valence-electron chi connectivity index (χ4n) is 2.92. The molecule has 2 aromatic carbocycles. The summed E-state index contributed by atoms with van der Waals surface area (Å²) in [5, 5.41) is 11.4. The van der Waals surface area contributed by atoms with Crippen LogP contribution < -0.4 is 0 Å². The summed E-state index contributed by atoms with van der Waals surface area (Å²) in [7, 11) is 1.23. The Balaban J connectivity index is 2.10. The van der Waals surface area contributed by atoms with Crippen LogP contribution in [0.4, 0.5) is 0 Å². The maximum atomic E-state index is 11.9. The molecule has 1 aliphatic carbocycles. The van der Waals surface area contributed by atoms with Crippen molar-refractivity contribution in [3.8, 4) is 0 Å². The van der Waals surface area contributed by atoms with Gasteiger partial charge in [0.15, 0.2) is 5.41 Å². The summed E-state index contributed by atoms with van der Waals surface area (Å²) < 4.78 is 4.68. The van der Waals surface area contributed by atoms with Gasteiger partial charge in [0.25, 0.3) is 0 Å².